The van der Waals surface area contributed by atoms with Crippen LogP contribution in [0.5, 0.6) is 5.75 Å². The molecule has 4 rings (SSSR count). The van der Waals surface area contributed by atoms with E-state index in [1.54, 1.807) is 66.7 Å². The number of carbonyl (C=O) groups excluding carboxylic acids is 2. The van der Waals surface area contributed by atoms with E-state index in [1.165, 1.54) is 12.0 Å². The van der Waals surface area contributed by atoms with Crippen molar-refractivity contribution in [2.45, 2.75) is 18.6 Å². The van der Waals surface area contributed by atoms with E-state index in [9.17, 15) is 14.7 Å². The van der Waals surface area contributed by atoms with Crippen LogP contribution in [0.2, 0.25) is 10.0 Å². The predicted octanol–water partition coefficient (Wildman–Crippen LogP) is 5.01. The molecule has 3 aromatic carbocycles. The van der Waals surface area contributed by atoms with Crippen molar-refractivity contribution in [1.29, 1.82) is 0 Å². The lowest BCUT2D eigenvalue weighted by Crippen LogP contribution is -2.41. The van der Waals surface area contributed by atoms with Gasteiger partial charge in [-0.3, -0.25) is 9.59 Å². The molecule has 0 spiro atoms. The monoisotopic (exact) mass is 455 g/mol. The van der Waals surface area contributed by atoms with Gasteiger partial charge in [-0.25, -0.2) is 0 Å². The van der Waals surface area contributed by atoms with Crippen molar-refractivity contribution < 1.29 is 19.4 Å². The lowest BCUT2D eigenvalue weighted by atomic mass is 9.88. The first-order chi connectivity index (χ1) is 14.8. The predicted molar refractivity (Wildman–Crippen MR) is 120 cm³/mol. The lowest BCUT2D eigenvalue weighted by Gasteiger charge is -2.23. The molecule has 1 aliphatic rings. The Hall–Kier alpha value is -2.86. The quantitative estimate of drug-likeness (QED) is 0.530. The van der Waals surface area contributed by atoms with Crippen molar-refractivity contribution in [2.24, 2.45) is 0 Å². The number of carbonyl (C=O) groups is 2. The van der Waals surface area contributed by atoms with Gasteiger partial charge in [-0.1, -0.05) is 47.5 Å². The minimum absolute atomic E-state index is 0.186. The molecule has 158 valence electrons. The topological polar surface area (TPSA) is 66.8 Å². The van der Waals surface area contributed by atoms with Crippen molar-refractivity contribution in [2.75, 3.05) is 12.0 Å². The van der Waals surface area contributed by atoms with Crippen LogP contribution in [0.25, 0.3) is 0 Å². The van der Waals surface area contributed by atoms with Crippen LogP contribution in [0.3, 0.4) is 0 Å². The molecular weight excluding hydrogens is 437 g/mol. The second-order valence-corrected chi connectivity index (χ2v) is 8.16. The van der Waals surface area contributed by atoms with Crippen LogP contribution in [0.15, 0.2) is 66.7 Å². The van der Waals surface area contributed by atoms with Crippen LogP contribution >= 0.6 is 23.2 Å². The van der Waals surface area contributed by atoms with Crippen LogP contribution in [-0.2, 0) is 16.9 Å². The number of aliphatic hydroxyl groups is 1. The first kappa shape index (κ1) is 21.4. The molecule has 1 aliphatic heterocycles. The third kappa shape index (κ3) is 3.92. The number of hydrogen-bond acceptors (Lipinski definition) is 4. The minimum atomic E-state index is -1.95. The molecule has 1 N–H and O–H groups in total. The minimum Gasteiger partial charge on any atom is -0.497 e. The van der Waals surface area contributed by atoms with Crippen molar-refractivity contribution in [3.8, 4) is 5.75 Å². The third-order valence-electron chi connectivity index (χ3n) is 5.39. The van der Waals surface area contributed by atoms with Gasteiger partial charge >= 0.3 is 0 Å². The number of para-hydroxylation sites is 1. The molecule has 1 amide bonds. The van der Waals surface area contributed by atoms with Gasteiger partial charge in [0, 0.05) is 11.1 Å². The Bertz CT molecular complexity index is 1160. The summed E-state index contributed by atoms with van der Waals surface area (Å²) in [6.45, 7) is 0.186. The number of anilines is 1. The smallest absolute Gasteiger partial charge is 0.264 e. The number of amides is 1. The zero-order valence-corrected chi connectivity index (χ0v) is 18.2. The maximum Gasteiger partial charge on any atom is 0.264 e. The summed E-state index contributed by atoms with van der Waals surface area (Å²) in [5.74, 6) is -0.281. The summed E-state index contributed by atoms with van der Waals surface area (Å²) in [6, 6.07) is 18.6. The van der Waals surface area contributed by atoms with Crippen molar-refractivity contribution in [1.82, 2.24) is 0 Å². The van der Waals surface area contributed by atoms with E-state index in [0.29, 0.717) is 32.6 Å². The molecule has 0 aliphatic carbocycles. The van der Waals surface area contributed by atoms with Gasteiger partial charge in [0.05, 0.1) is 35.8 Å². The number of Topliss-reactive ketones (excluding diaryl/α,β-unsaturated/α-hetero) is 1. The number of fused-ring (bicyclic) bond motifs is 1. The molecule has 1 heterocycles. The Labute approximate surface area is 189 Å². The number of benzene rings is 3. The summed E-state index contributed by atoms with van der Waals surface area (Å²) >= 11 is 12.1. The summed E-state index contributed by atoms with van der Waals surface area (Å²) in [7, 11) is 1.54. The molecule has 0 unspecified atom stereocenters. The van der Waals surface area contributed by atoms with E-state index in [2.05, 4.69) is 0 Å². The maximum absolute atomic E-state index is 13.4. The van der Waals surface area contributed by atoms with E-state index in [0.717, 1.165) is 5.56 Å². The fourth-order valence-corrected chi connectivity index (χ4v) is 4.09. The zero-order chi connectivity index (χ0) is 22.2. The largest absolute Gasteiger partial charge is 0.497 e. The van der Waals surface area contributed by atoms with Crippen molar-refractivity contribution in [3.63, 3.8) is 0 Å². The van der Waals surface area contributed by atoms with Crippen LogP contribution < -0.4 is 9.64 Å². The molecule has 0 radical (unpaired) electrons. The molecule has 3 aromatic rings. The standard InChI is InChI=1S/C24H19Cl2NO4/c1-31-17-9-7-16(8-10-17)22(28)13-24(30)18-4-2-3-5-21(18)27(23(24)29)14-15-6-11-19(25)20(26)12-15/h2-12,30H,13-14H2,1H3/t24-/m0/s1. The Morgan fingerprint density at radius 1 is 1.03 bits per heavy atom. The molecule has 0 fully saturated rings. The average Bonchev–Trinajstić information content (AvgIpc) is 2.98. The van der Waals surface area contributed by atoms with Crippen LogP contribution in [0, 0.1) is 0 Å². The van der Waals surface area contributed by atoms with E-state index in [-0.39, 0.29) is 18.7 Å². The number of methoxy groups -OCH3 is 1. The molecule has 1 atom stereocenters. The molecule has 0 bridgehead atoms. The van der Waals surface area contributed by atoms with Gasteiger partial charge in [-0.2, -0.15) is 0 Å². The highest BCUT2D eigenvalue weighted by Gasteiger charge is 2.50. The molecular formula is C24H19Cl2NO4. The Morgan fingerprint density at radius 2 is 1.74 bits per heavy atom. The second kappa shape index (κ2) is 8.35. The van der Waals surface area contributed by atoms with Crippen LogP contribution in [-0.4, -0.2) is 23.9 Å². The molecule has 0 saturated carbocycles. The summed E-state index contributed by atoms with van der Waals surface area (Å²) in [6.07, 6.45) is -0.368. The summed E-state index contributed by atoms with van der Waals surface area (Å²) in [5, 5.41) is 12.2. The van der Waals surface area contributed by atoms with Crippen LogP contribution in [0.4, 0.5) is 5.69 Å². The van der Waals surface area contributed by atoms with E-state index in [4.69, 9.17) is 27.9 Å². The number of ether oxygens (including phenoxy) is 1. The number of hydrogen-bond donors (Lipinski definition) is 1. The summed E-state index contributed by atoms with van der Waals surface area (Å²) in [4.78, 5) is 27.7. The zero-order valence-electron chi connectivity index (χ0n) is 16.6. The first-order valence-electron chi connectivity index (χ1n) is 9.58. The van der Waals surface area contributed by atoms with E-state index >= 15 is 0 Å². The lowest BCUT2D eigenvalue weighted by molar-refractivity contribution is -0.136. The number of ketones is 1. The second-order valence-electron chi connectivity index (χ2n) is 7.35. The van der Waals surface area contributed by atoms with Gasteiger partial charge < -0.3 is 14.7 Å². The van der Waals surface area contributed by atoms with Crippen LogP contribution in [0.1, 0.15) is 27.9 Å². The van der Waals surface area contributed by atoms with E-state index < -0.39 is 11.5 Å². The van der Waals surface area contributed by atoms with E-state index in [1.807, 2.05) is 0 Å². The van der Waals surface area contributed by atoms with Crippen molar-refractivity contribution >= 4 is 40.6 Å². The Morgan fingerprint density at radius 3 is 2.42 bits per heavy atom. The summed E-state index contributed by atoms with van der Waals surface area (Å²) < 4.78 is 5.11. The molecule has 0 aromatic heterocycles. The highest BCUT2D eigenvalue weighted by atomic mass is 35.5. The Balaban J connectivity index is 1.65. The fourth-order valence-electron chi connectivity index (χ4n) is 3.77. The average molecular weight is 456 g/mol. The Kier molecular flexibility index (Phi) is 5.75. The van der Waals surface area contributed by atoms with Gasteiger partial charge in [-0.05, 0) is 48.0 Å². The number of halogens is 2. The SMILES string of the molecule is COc1ccc(C(=O)C[C@@]2(O)C(=O)N(Cc3ccc(Cl)c(Cl)c3)c3ccccc32)cc1. The highest BCUT2D eigenvalue weighted by molar-refractivity contribution is 6.42. The highest BCUT2D eigenvalue weighted by Crippen LogP contribution is 2.43. The maximum atomic E-state index is 13.4. The molecule has 5 nitrogen and oxygen atoms in total. The van der Waals surface area contributed by atoms with Gasteiger partial charge in [0.15, 0.2) is 11.4 Å². The first-order valence-corrected chi connectivity index (χ1v) is 10.3. The third-order valence-corrected chi connectivity index (χ3v) is 6.13. The van der Waals surface area contributed by atoms with Crippen molar-refractivity contribution in [3.05, 3.63) is 93.5 Å². The van der Waals surface area contributed by atoms with Gasteiger partial charge in [0.2, 0.25) is 0 Å². The number of nitrogens with zero attached hydrogens (tertiary/aromatic N) is 1. The molecule has 0 saturated heterocycles. The molecule has 31 heavy (non-hydrogen) atoms. The van der Waals surface area contributed by atoms with Gasteiger partial charge in [-0.15, -0.1) is 0 Å². The summed E-state index contributed by atoms with van der Waals surface area (Å²) in [5.41, 5.74) is 0.153. The fraction of sp³-hybridized carbons (Fsp3) is 0.167. The van der Waals surface area contributed by atoms with Gasteiger partial charge in [0.1, 0.15) is 5.75 Å². The van der Waals surface area contributed by atoms with Gasteiger partial charge in [0.25, 0.3) is 5.91 Å². The molecule has 7 heteroatoms. The number of rotatable bonds is 6. The normalized spacial score (nSPS) is 17.5.